The molecule has 0 fully saturated rings. The van der Waals surface area contributed by atoms with Crippen LogP contribution in [-0.2, 0) is 11.2 Å². The molecule has 1 aliphatic heterocycles. The van der Waals surface area contributed by atoms with Gasteiger partial charge in [0.15, 0.2) is 17.8 Å². The fourth-order valence-electron chi connectivity index (χ4n) is 4.33. The van der Waals surface area contributed by atoms with Crippen molar-refractivity contribution in [3.8, 4) is 11.8 Å². The third-order valence-electron chi connectivity index (χ3n) is 6.26. The first kappa shape index (κ1) is 26.6. The van der Waals surface area contributed by atoms with Crippen molar-refractivity contribution in [1.29, 1.82) is 0 Å². The molecule has 9 heteroatoms. The van der Waals surface area contributed by atoms with Crippen LogP contribution in [0.25, 0.3) is 10.9 Å². The second kappa shape index (κ2) is 11.4. The van der Waals surface area contributed by atoms with E-state index in [0.717, 1.165) is 11.6 Å². The summed E-state index contributed by atoms with van der Waals surface area (Å²) in [5.74, 6) is 4.09. The molecule has 198 valence electrons. The van der Waals surface area contributed by atoms with Crippen LogP contribution in [0.3, 0.4) is 0 Å². The van der Waals surface area contributed by atoms with E-state index in [1.165, 1.54) is 18.5 Å². The summed E-state index contributed by atoms with van der Waals surface area (Å²) in [6.07, 6.45) is 5.54. The lowest BCUT2D eigenvalue weighted by Crippen LogP contribution is -2.38. The number of carbonyl (C=O) groups excluding carboxylic acids is 2. The highest BCUT2D eigenvalue weighted by Gasteiger charge is 2.39. The predicted molar refractivity (Wildman–Crippen MR) is 153 cm³/mol. The zero-order valence-electron chi connectivity index (χ0n) is 20.9. The Hall–Kier alpha value is -5.00. The van der Waals surface area contributed by atoms with E-state index in [-0.39, 0.29) is 35.1 Å². The average Bonchev–Trinajstić information content (AvgIpc) is 3.43. The summed E-state index contributed by atoms with van der Waals surface area (Å²) < 4.78 is 19.9. The Labute approximate surface area is 233 Å². The van der Waals surface area contributed by atoms with Crippen molar-refractivity contribution >= 4 is 46.3 Å². The van der Waals surface area contributed by atoms with Crippen LogP contribution in [0.15, 0.2) is 94.9 Å². The molecule has 1 aromatic heterocycles. The Morgan fingerprint density at radius 1 is 1.10 bits per heavy atom. The molecule has 2 heterocycles. The highest BCUT2D eigenvalue weighted by molar-refractivity contribution is 6.30. The molecule has 3 aromatic carbocycles. The Balaban J connectivity index is 1.38. The van der Waals surface area contributed by atoms with Crippen LogP contribution in [-0.4, -0.2) is 35.2 Å². The molecule has 0 saturated carbocycles. The molecular formula is C31H21ClFN3O4. The van der Waals surface area contributed by atoms with Gasteiger partial charge in [-0.1, -0.05) is 53.8 Å². The summed E-state index contributed by atoms with van der Waals surface area (Å²) in [7, 11) is 0. The fraction of sp³-hybridized carbons (Fsp3) is 0.0968. The summed E-state index contributed by atoms with van der Waals surface area (Å²) in [5.41, 5.74) is -0.620. The molecular weight excluding hydrogens is 533 g/mol. The van der Waals surface area contributed by atoms with Gasteiger partial charge >= 0.3 is 6.09 Å². The quantitative estimate of drug-likeness (QED) is 0.235. The number of ketones is 1. The number of halogens is 2. The van der Waals surface area contributed by atoms with E-state index < -0.39 is 28.7 Å². The number of ether oxygens (including phenoxy) is 1. The molecule has 2 N–H and O–H groups in total. The van der Waals surface area contributed by atoms with Gasteiger partial charge in [-0.2, -0.15) is 0 Å². The van der Waals surface area contributed by atoms with Gasteiger partial charge in [-0.05, 0) is 54.1 Å². The maximum absolute atomic E-state index is 14.9. The van der Waals surface area contributed by atoms with Gasteiger partial charge in [-0.15, -0.1) is 0 Å². The van der Waals surface area contributed by atoms with Crippen molar-refractivity contribution in [3.63, 3.8) is 0 Å². The second-order valence-corrected chi connectivity index (χ2v) is 9.41. The Bertz CT molecular complexity index is 1770. The number of amides is 1. The number of rotatable bonds is 6. The standard InChI is InChI=1S/C31H21ClFN3O4/c32-22-11-9-20(10-12-22)18-31(13-5-14-35-31)29(38)25-19-34-27-24(28(25)37)16-21(17-26(27)33)6-4-15-40-30(39)36-23-7-2-1-3-8-23/h1-3,5,7-14,16-17,19H,15,18H2,(H,34,37)(H,36,39). The van der Waals surface area contributed by atoms with Gasteiger partial charge in [0.1, 0.15) is 11.4 Å². The van der Waals surface area contributed by atoms with Gasteiger partial charge in [-0.25, -0.2) is 9.18 Å². The number of pyridine rings is 1. The number of Topliss-reactive ketones (excluding diaryl/α,β-unsaturated/α-hetero) is 1. The first-order valence-electron chi connectivity index (χ1n) is 12.2. The molecule has 0 bridgehead atoms. The lowest BCUT2D eigenvalue weighted by atomic mass is 9.84. The number of aromatic nitrogens is 1. The molecule has 40 heavy (non-hydrogen) atoms. The topological polar surface area (TPSA) is 101 Å². The number of hydrogen-bond acceptors (Lipinski definition) is 5. The van der Waals surface area contributed by atoms with Crippen LogP contribution in [0.1, 0.15) is 21.5 Å². The molecule has 1 amide bonds. The van der Waals surface area contributed by atoms with Crippen LogP contribution < -0.4 is 10.7 Å². The highest BCUT2D eigenvalue weighted by Crippen LogP contribution is 2.28. The van der Waals surface area contributed by atoms with Crippen molar-refractivity contribution in [3.05, 3.63) is 123 Å². The molecule has 1 unspecified atom stereocenters. The number of nitrogens with one attached hydrogen (secondary N) is 2. The average molecular weight is 554 g/mol. The molecule has 0 aliphatic carbocycles. The van der Waals surface area contributed by atoms with E-state index in [4.69, 9.17) is 16.3 Å². The van der Waals surface area contributed by atoms with Gasteiger partial charge in [0, 0.05) is 35.1 Å². The third-order valence-corrected chi connectivity index (χ3v) is 6.51. The Kier molecular flexibility index (Phi) is 7.58. The van der Waals surface area contributed by atoms with Crippen LogP contribution in [0.5, 0.6) is 0 Å². The van der Waals surface area contributed by atoms with Crippen LogP contribution in [0.2, 0.25) is 5.02 Å². The number of aromatic amines is 1. The molecule has 0 spiro atoms. The molecule has 0 radical (unpaired) electrons. The molecule has 5 rings (SSSR count). The minimum absolute atomic E-state index is 0.0366. The van der Waals surface area contributed by atoms with Crippen LogP contribution >= 0.6 is 11.6 Å². The monoisotopic (exact) mass is 553 g/mol. The van der Waals surface area contributed by atoms with Gasteiger partial charge in [0.05, 0.1) is 16.5 Å². The number of nitrogens with zero attached hydrogens (tertiary/aromatic N) is 1. The van der Waals surface area contributed by atoms with Crippen molar-refractivity contribution in [2.75, 3.05) is 11.9 Å². The fourth-order valence-corrected chi connectivity index (χ4v) is 4.46. The molecule has 0 saturated heterocycles. The van der Waals surface area contributed by atoms with E-state index in [9.17, 15) is 18.8 Å². The number of allylic oxidation sites excluding steroid dienone is 1. The van der Waals surface area contributed by atoms with E-state index in [2.05, 4.69) is 27.1 Å². The molecule has 1 aliphatic rings. The van der Waals surface area contributed by atoms with E-state index in [1.807, 2.05) is 6.07 Å². The summed E-state index contributed by atoms with van der Waals surface area (Å²) in [4.78, 5) is 46.2. The number of carbonyl (C=O) groups is 2. The Morgan fingerprint density at radius 2 is 1.88 bits per heavy atom. The normalized spacial score (nSPS) is 15.4. The summed E-state index contributed by atoms with van der Waals surface area (Å²) in [5, 5.41) is 3.08. The SMILES string of the molecule is O=C(Nc1ccccc1)OCC#Cc1cc(F)c2[nH]cc(C(=O)C3(Cc4ccc(Cl)cc4)C=CC=N3)c(=O)c2c1. The number of benzene rings is 3. The number of aliphatic imine (C=N–C) groups is 1. The number of para-hydroxylation sites is 1. The number of anilines is 1. The Morgan fingerprint density at radius 3 is 2.60 bits per heavy atom. The third kappa shape index (κ3) is 5.70. The molecule has 4 aromatic rings. The highest BCUT2D eigenvalue weighted by atomic mass is 35.5. The van der Waals surface area contributed by atoms with E-state index in [0.29, 0.717) is 10.7 Å². The lowest BCUT2D eigenvalue weighted by Gasteiger charge is -2.23. The first-order chi connectivity index (χ1) is 19.3. The van der Waals surface area contributed by atoms with Crippen LogP contribution in [0, 0.1) is 17.7 Å². The first-order valence-corrected chi connectivity index (χ1v) is 12.6. The molecule has 1 atom stereocenters. The van der Waals surface area contributed by atoms with E-state index >= 15 is 0 Å². The van der Waals surface area contributed by atoms with Crippen molar-refractivity contribution in [2.24, 2.45) is 4.99 Å². The number of hydrogen-bond donors (Lipinski definition) is 2. The largest absolute Gasteiger partial charge is 0.436 e. The zero-order chi connectivity index (χ0) is 28.1. The lowest BCUT2D eigenvalue weighted by molar-refractivity contribution is 0.0922. The molecule has 7 nitrogen and oxygen atoms in total. The maximum Gasteiger partial charge on any atom is 0.412 e. The predicted octanol–water partition coefficient (Wildman–Crippen LogP) is 5.73. The zero-order valence-corrected chi connectivity index (χ0v) is 21.7. The number of fused-ring (bicyclic) bond motifs is 1. The maximum atomic E-state index is 14.9. The van der Waals surface area contributed by atoms with Crippen LogP contribution in [0.4, 0.5) is 14.9 Å². The van der Waals surface area contributed by atoms with Gasteiger partial charge in [0.25, 0.3) is 0 Å². The summed E-state index contributed by atoms with van der Waals surface area (Å²) >= 11 is 5.99. The van der Waals surface area contributed by atoms with E-state index in [1.54, 1.807) is 60.7 Å². The number of H-pyrrole nitrogens is 1. The van der Waals surface area contributed by atoms with Crippen molar-refractivity contribution < 1.29 is 18.7 Å². The minimum Gasteiger partial charge on any atom is -0.436 e. The summed E-state index contributed by atoms with van der Waals surface area (Å²) in [6, 6.07) is 18.3. The van der Waals surface area contributed by atoms with Crippen molar-refractivity contribution in [2.45, 2.75) is 12.0 Å². The van der Waals surface area contributed by atoms with Gasteiger partial charge in [0.2, 0.25) is 0 Å². The summed E-state index contributed by atoms with van der Waals surface area (Å²) in [6.45, 7) is -0.259. The van der Waals surface area contributed by atoms with Crippen molar-refractivity contribution in [1.82, 2.24) is 4.98 Å². The smallest absolute Gasteiger partial charge is 0.412 e. The van der Waals surface area contributed by atoms with Gasteiger partial charge < -0.3 is 9.72 Å². The van der Waals surface area contributed by atoms with Gasteiger partial charge in [-0.3, -0.25) is 19.9 Å². The minimum atomic E-state index is -1.32. The second-order valence-electron chi connectivity index (χ2n) is 8.97.